The van der Waals surface area contributed by atoms with Gasteiger partial charge in [0, 0.05) is 11.3 Å². The summed E-state index contributed by atoms with van der Waals surface area (Å²) < 4.78 is 0. The van der Waals surface area contributed by atoms with Crippen molar-refractivity contribution in [3.8, 4) is 0 Å². The van der Waals surface area contributed by atoms with Gasteiger partial charge in [0.05, 0.1) is 17.2 Å². The van der Waals surface area contributed by atoms with Crippen LogP contribution in [0, 0.1) is 0 Å². The Labute approximate surface area is 122 Å². The Balaban J connectivity index is 2.06. The molecule has 1 N–H and O–H groups in total. The lowest BCUT2D eigenvalue weighted by atomic mass is 10.1. The maximum Gasteiger partial charge on any atom is 0.228 e. The Hall–Kier alpha value is -1.00. The Morgan fingerprint density at radius 1 is 1.47 bits per heavy atom. The van der Waals surface area contributed by atoms with Crippen molar-refractivity contribution in [3.63, 3.8) is 0 Å². The molecule has 0 aromatic heterocycles. The summed E-state index contributed by atoms with van der Waals surface area (Å²) in [6, 6.07) is 3.42. The zero-order chi connectivity index (χ0) is 13.8. The first-order valence-electron chi connectivity index (χ1n) is 6.35. The number of rotatable bonds is 6. The van der Waals surface area contributed by atoms with E-state index in [-0.39, 0.29) is 11.7 Å². The van der Waals surface area contributed by atoms with E-state index >= 15 is 0 Å². The molecule has 0 unspecified atom stereocenters. The Morgan fingerprint density at radius 2 is 2.26 bits per heavy atom. The van der Waals surface area contributed by atoms with Crippen molar-refractivity contribution in [2.24, 2.45) is 0 Å². The molecule has 2 rings (SSSR count). The van der Waals surface area contributed by atoms with Gasteiger partial charge in [-0.15, -0.1) is 0 Å². The fourth-order valence-electron chi connectivity index (χ4n) is 1.95. The second kappa shape index (κ2) is 6.44. The van der Waals surface area contributed by atoms with Crippen molar-refractivity contribution in [1.82, 2.24) is 0 Å². The van der Waals surface area contributed by atoms with Gasteiger partial charge in [0.25, 0.3) is 0 Å². The van der Waals surface area contributed by atoms with E-state index in [1.807, 2.05) is 0 Å². The fourth-order valence-corrected chi connectivity index (χ4v) is 3.20. The number of anilines is 1. The van der Waals surface area contributed by atoms with Crippen LogP contribution in [-0.2, 0) is 11.2 Å². The SMILES string of the molecule is CCCCSCC(=O)c1cc2c(cc1Cl)NC(=O)C2. The highest BCUT2D eigenvalue weighted by molar-refractivity contribution is 7.99. The summed E-state index contributed by atoms with van der Waals surface area (Å²) in [6.07, 6.45) is 2.58. The summed E-state index contributed by atoms with van der Waals surface area (Å²) in [5, 5.41) is 3.14. The third kappa shape index (κ3) is 3.51. The van der Waals surface area contributed by atoms with Crippen molar-refractivity contribution in [3.05, 3.63) is 28.3 Å². The molecule has 0 bridgehead atoms. The first-order chi connectivity index (χ1) is 9.11. The maximum absolute atomic E-state index is 12.1. The quantitative estimate of drug-likeness (QED) is 0.645. The average molecular weight is 298 g/mol. The predicted molar refractivity (Wildman–Crippen MR) is 80.3 cm³/mol. The minimum Gasteiger partial charge on any atom is -0.325 e. The van der Waals surface area contributed by atoms with E-state index in [4.69, 9.17) is 11.6 Å². The number of thioether (sulfide) groups is 1. The van der Waals surface area contributed by atoms with Crippen LogP contribution in [-0.4, -0.2) is 23.2 Å². The van der Waals surface area contributed by atoms with Crippen molar-refractivity contribution in [2.75, 3.05) is 16.8 Å². The lowest BCUT2D eigenvalue weighted by molar-refractivity contribution is -0.115. The number of amides is 1. The Bertz CT molecular complexity index is 516. The number of benzene rings is 1. The molecule has 0 spiro atoms. The monoisotopic (exact) mass is 297 g/mol. The molecular weight excluding hydrogens is 282 g/mol. The highest BCUT2D eigenvalue weighted by atomic mass is 35.5. The zero-order valence-electron chi connectivity index (χ0n) is 10.8. The molecule has 3 nitrogen and oxygen atoms in total. The Morgan fingerprint density at radius 3 is 3.00 bits per heavy atom. The molecule has 0 radical (unpaired) electrons. The molecule has 0 saturated heterocycles. The van der Waals surface area contributed by atoms with Crippen LogP contribution in [0.1, 0.15) is 35.7 Å². The zero-order valence-corrected chi connectivity index (χ0v) is 12.4. The molecule has 19 heavy (non-hydrogen) atoms. The third-order valence-corrected chi connectivity index (χ3v) is 4.35. The summed E-state index contributed by atoms with van der Waals surface area (Å²) in [7, 11) is 0. The lowest BCUT2D eigenvalue weighted by Crippen LogP contribution is -2.05. The second-order valence-electron chi connectivity index (χ2n) is 4.54. The summed E-state index contributed by atoms with van der Waals surface area (Å²) >= 11 is 7.74. The number of halogens is 1. The number of ketones is 1. The second-order valence-corrected chi connectivity index (χ2v) is 6.06. The number of hydrogen-bond acceptors (Lipinski definition) is 3. The topological polar surface area (TPSA) is 46.2 Å². The smallest absolute Gasteiger partial charge is 0.228 e. The van der Waals surface area contributed by atoms with E-state index in [0.29, 0.717) is 22.8 Å². The van der Waals surface area contributed by atoms with Gasteiger partial charge in [-0.05, 0) is 29.9 Å². The van der Waals surface area contributed by atoms with Crippen LogP contribution in [0.3, 0.4) is 0 Å². The number of nitrogens with one attached hydrogen (secondary N) is 1. The summed E-state index contributed by atoms with van der Waals surface area (Å²) in [5.74, 6) is 1.42. The van der Waals surface area contributed by atoms with Gasteiger partial charge in [-0.25, -0.2) is 0 Å². The third-order valence-electron chi connectivity index (χ3n) is 2.99. The van der Waals surface area contributed by atoms with Crippen LogP contribution in [0.5, 0.6) is 0 Å². The predicted octanol–water partition coefficient (Wildman–Crippen LogP) is 3.55. The summed E-state index contributed by atoms with van der Waals surface area (Å²) in [6.45, 7) is 2.13. The molecule has 1 amide bonds. The minimum absolute atomic E-state index is 0.0354. The van der Waals surface area contributed by atoms with Crippen molar-refractivity contribution >= 4 is 40.7 Å². The van der Waals surface area contributed by atoms with Crippen molar-refractivity contribution in [2.45, 2.75) is 26.2 Å². The van der Waals surface area contributed by atoms with Crippen LogP contribution < -0.4 is 5.32 Å². The van der Waals surface area contributed by atoms with Gasteiger partial charge in [-0.3, -0.25) is 9.59 Å². The average Bonchev–Trinajstić information content (AvgIpc) is 2.72. The lowest BCUT2D eigenvalue weighted by Gasteiger charge is -2.06. The number of carbonyl (C=O) groups is 2. The molecule has 1 aliphatic rings. The number of fused-ring (bicyclic) bond motifs is 1. The van der Waals surface area contributed by atoms with Gasteiger partial charge in [0.1, 0.15) is 0 Å². The molecule has 0 aliphatic carbocycles. The van der Waals surface area contributed by atoms with Crippen molar-refractivity contribution < 1.29 is 9.59 Å². The molecule has 1 aliphatic heterocycles. The van der Waals surface area contributed by atoms with Crippen LogP contribution >= 0.6 is 23.4 Å². The fraction of sp³-hybridized carbons (Fsp3) is 0.429. The normalized spacial score (nSPS) is 13.3. The molecule has 1 aromatic rings. The first-order valence-corrected chi connectivity index (χ1v) is 7.88. The van der Waals surface area contributed by atoms with E-state index in [0.717, 1.165) is 29.8 Å². The van der Waals surface area contributed by atoms with Gasteiger partial charge < -0.3 is 5.32 Å². The van der Waals surface area contributed by atoms with Crippen LogP contribution in [0.2, 0.25) is 5.02 Å². The van der Waals surface area contributed by atoms with Gasteiger partial charge in [-0.2, -0.15) is 11.8 Å². The van der Waals surface area contributed by atoms with Gasteiger partial charge in [0.2, 0.25) is 5.91 Å². The highest BCUT2D eigenvalue weighted by Gasteiger charge is 2.21. The van der Waals surface area contributed by atoms with Crippen LogP contribution in [0.15, 0.2) is 12.1 Å². The highest BCUT2D eigenvalue weighted by Crippen LogP contribution is 2.30. The van der Waals surface area contributed by atoms with Gasteiger partial charge in [-0.1, -0.05) is 24.9 Å². The molecule has 1 heterocycles. The van der Waals surface area contributed by atoms with Gasteiger partial charge >= 0.3 is 0 Å². The van der Waals surface area contributed by atoms with Crippen LogP contribution in [0.4, 0.5) is 5.69 Å². The van der Waals surface area contributed by atoms with Crippen molar-refractivity contribution in [1.29, 1.82) is 0 Å². The number of carbonyl (C=O) groups excluding carboxylic acids is 2. The van der Waals surface area contributed by atoms with E-state index < -0.39 is 0 Å². The molecule has 1 aromatic carbocycles. The first kappa shape index (κ1) is 14.4. The standard InChI is InChI=1S/C14H16ClNO2S/c1-2-3-4-19-8-13(17)10-5-9-6-14(18)16-12(9)7-11(10)15/h5,7H,2-4,6,8H2,1H3,(H,16,18). The van der Waals surface area contributed by atoms with E-state index in [9.17, 15) is 9.59 Å². The molecule has 0 saturated carbocycles. The maximum atomic E-state index is 12.1. The summed E-state index contributed by atoms with van der Waals surface area (Å²) in [5.41, 5.74) is 2.11. The number of unbranched alkanes of at least 4 members (excludes halogenated alkanes) is 1. The number of Topliss-reactive ketones (excluding diaryl/α,β-unsaturated/α-hetero) is 1. The molecule has 102 valence electrons. The summed E-state index contributed by atoms with van der Waals surface area (Å²) in [4.78, 5) is 23.4. The molecular formula is C14H16ClNO2S. The molecule has 0 fully saturated rings. The number of hydrogen-bond donors (Lipinski definition) is 1. The molecule has 0 atom stereocenters. The van der Waals surface area contributed by atoms with E-state index in [1.54, 1.807) is 23.9 Å². The van der Waals surface area contributed by atoms with E-state index in [2.05, 4.69) is 12.2 Å². The molecule has 5 heteroatoms. The largest absolute Gasteiger partial charge is 0.325 e. The minimum atomic E-state index is -0.0482. The van der Waals surface area contributed by atoms with Gasteiger partial charge in [0.15, 0.2) is 5.78 Å². The Kier molecular flexibility index (Phi) is 4.88. The van der Waals surface area contributed by atoms with E-state index in [1.165, 1.54) is 0 Å². The van der Waals surface area contributed by atoms with Crippen LogP contribution in [0.25, 0.3) is 0 Å².